The molecule has 1 aromatic rings. The lowest BCUT2D eigenvalue weighted by atomic mass is 10.0. The Morgan fingerprint density at radius 2 is 2.25 bits per heavy atom. The molecule has 0 saturated carbocycles. The van der Waals surface area contributed by atoms with Gasteiger partial charge in [0.2, 0.25) is 0 Å². The summed E-state index contributed by atoms with van der Waals surface area (Å²) in [6.45, 7) is 2.09. The Bertz CT molecular complexity index is 298. The minimum Gasteiger partial charge on any atom is -0.388 e. The molecule has 0 aliphatic carbocycles. The van der Waals surface area contributed by atoms with Crippen LogP contribution in [0.4, 0.5) is 0 Å². The van der Waals surface area contributed by atoms with Crippen LogP contribution in [0.2, 0.25) is 0 Å². The smallest absolute Gasteiger partial charge is 0.157 e. The second-order valence-corrected chi connectivity index (χ2v) is 2.97. The molecule has 0 fully saturated rings. The van der Waals surface area contributed by atoms with Gasteiger partial charge in [0.15, 0.2) is 6.10 Å². The fourth-order valence-corrected chi connectivity index (χ4v) is 1.43. The Hall–Kier alpha value is -1.31. The molecule has 0 spiro atoms. The lowest BCUT2D eigenvalue weighted by Crippen LogP contribution is -1.97. The predicted octanol–water partition coefficient (Wildman–Crippen LogP) is 2.44. The van der Waals surface area contributed by atoms with Crippen LogP contribution in [-0.2, 0) is 4.84 Å². The molecule has 12 heavy (non-hydrogen) atoms. The Labute approximate surface area is 71.8 Å². The minimum atomic E-state index is 0.145. The van der Waals surface area contributed by atoms with Crippen molar-refractivity contribution in [1.29, 1.82) is 0 Å². The van der Waals surface area contributed by atoms with Crippen molar-refractivity contribution in [1.82, 2.24) is 0 Å². The predicted molar refractivity (Wildman–Crippen MR) is 48.1 cm³/mol. The number of oxime groups is 1. The summed E-state index contributed by atoms with van der Waals surface area (Å²) in [5.41, 5.74) is 2.52. The molecule has 62 valence electrons. The monoisotopic (exact) mass is 161 g/mol. The molecular weight excluding hydrogens is 150 g/mol. The molecule has 0 N–H and O–H groups in total. The summed E-state index contributed by atoms with van der Waals surface area (Å²) >= 11 is 0. The van der Waals surface area contributed by atoms with E-state index in [0.29, 0.717) is 0 Å². The zero-order chi connectivity index (χ0) is 8.39. The molecule has 1 atom stereocenters. The van der Waals surface area contributed by atoms with Crippen LogP contribution in [0, 0.1) is 6.92 Å². The van der Waals surface area contributed by atoms with Crippen molar-refractivity contribution in [2.24, 2.45) is 5.16 Å². The fraction of sp³-hybridized carbons (Fsp3) is 0.300. The van der Waals surface area contributed by atoms with Crippen LogP contribution in [0.25, 0.3) is 0 Å². The quantitative estimate of drug-likeness (QED) is 0.620. The van der Waals surface area contributed by atoms with Crippen LogP contribution in [-0.4, -0.2) is 6.21 Å². The largest absolute Gasteiger partial charge is 0.388 e. The van der Waals surface area contributed by atoms with E-state index in [1.807, 2.05) is 18.3 Å². The average Bonchev–Trinajstić information content (AvgIpc) is 2.57. The van der Waals surface area contributed by atoms with Crippen LogP contribution in [0.1, 0.15) is 23.7 Å². The number of aryl methyl sites for hydroxylation is 1. The summed E-state index contributed by atoms with van der Waals surface area (Å²) in [7, 11) is 0. The van der Waals surface area contributed by atoms with E-state index in [0.717, 1.165) is 6.42 Å². The molecule has 2 heteroatoms. The van der Waals surface area contributed by atoms with E-state index in [1.54, 1.807) is 0 Å². The first kappa shape index (κ1) is 7.35. The Morgan fingerprint density at radius 1 is 1.42 bits per heavy atom. The SMILES string of the molecule is Cc1ccccc1C1CC=NO1. The lowest BCUT2D eigenvalue weighted by molar-refractivity contribution is 0.0853. The van der Waals surface area contributed by atoms with Crippen LogP contribution in [0.5, 0.6) is 0 Å². The van der Waals surface area contributed by atoms with Gasteiger partial charge in [-0.3, -0.25) is 0 Å². The van der Waals surface area contributed by atoms with Crippen LogP contribution in [0.3, 0.4) is 0 Å². The molecule has 1 heterocycles. The van der Waals surface area contributed by atoms with Gasteiger partial charge in [0.1, 0.15) is 0 Å². The third-order valence-electron chi connectivity index (χ3n) is 2.12. The third kappa shape index (κ3) is 1.20. The van der Waals surface area contributed by atoms with Crippen LogP contribution < -0.4 is 0 Å². The first-order chi connectivity index (χ1) is 5.88. The van der Waals surface area contributed by atoms with Gasteiger partial charge >= 0.3 is 0 Å². The highest BCUT2D eigenvalue weighted by Gasteiger charge is 2.16. The Morgan fingerprint density at radius 3 is 2.92 bits per heavy atom. The van der Waals surface area contributed by atoms with E-state index in [1.165, 1.54) is 11.1 Å². The van der Waals surface area contributed by atoms with Gasteiger partial charge in [0, 0.05) is 12.6 Å². The normalized spacial score (nSPS) is 20.9. The fourth-order valence-electron chi connectivity index (χ4n) is 1.43. The highest BCUT2D eigenvalue weighted by Crippen LogP contribution is 2.26. The maximum atomic E-state index is 5.19. The minimum absolute atomic E-state index is 0.145. The third-order valence-corrected chi connectivity index (χ3v) is 2.12. The zero-order valence-corrected chi connectivity index (χ0v) is 7.03. The summed E-state index contributed by atoms with van der Waals surface area (Å²) < 4.78 is 0. The van der Waals surface area contributed by atoms with E-state index in [2.05, 4.69) is 24.2 Å². The van der Waals surface area contributed by atoms with Crippen molar-refractivity contribution in [2.45, 2.75) is 19.4 Å². The van der Waals surface area contributed by atoms with Gasteiger partial charge in [-0.2, -0.15) is 0 Å². The van der Waals surface area contributed by atoms with Gasteiger partial charge in [-0.05, 0) is 18.1 Å². The van der Waals surface area contributed by atoms with Gasteiger partial charge in [-0.15, -0.1) is 0 Å². The molecule has 1 aliphatic heterocycles. The van der Waals surface area contributed by atoms with Crippen molar-refractivity contribution >= 4 is 6.21 Å². The molecule has 0 aromatic heterocycles. The molecule has 1 aromatic carbocycles. The molecular formula is C10H11NO. The van der Waals surface area contributed by atoms with Crippen molar-refractivity contribution in [2.75, 3.05) is 0 Å². The zero-order valence-electron chi connectivity index (χ0n) is 7.03. The molecule has 0 saturated heterocycles. The Kier molecular flexibility index (Phi) is 1.82. The average molecular weight is 161 g/mol. The van der Waals surface area contributed by atoms with Gasteiger partial charge in [-0.25, -0.2) is 0 Å². The molecule has 2 rings (SSSR count). The molecule has 2 nitrogen and oxygen atoms in total. The Balaban J connectivity index is 2.27. The number of nitrogens with zero attached hydrogens (tertiary/aromatic N) is 1. The number of benzene rings is 1. The van der Waals surface area contributed by atoms with E-state index in [4.69, 9.17) is 4.84 Å². The first-order valence-electron chi connectivity index (χ1n) is 4.11. The van der Waals surface area contributed by atoms with Gasteiger partial charge in [-0.1, -0.05) is 29.4 Å². The summed E-state index contributed by atoms with van der Waals surface area (Å²) in [5.74, 6) is 0. The highest BCUT2D eigenvalue weighted by molar-refractivity contribution is 5.59. The van der Waals surface area contributed by atoms with Gasteiger partial charge < -0.3 is 4.84 Å². The first-order valence-corrected chi connectivity index (χ1v) is 4.11. The molecule has 0 amide bonds. The summed E-state index contributed by atoms with van der Waals surface area (Å²) in [4.78, 5) is 5.19. The second kappa shape index (κ2) is 2.97. The van der Waals surface area contributed by atoms with Crippen LogP contribution in [0.15, 0.2) is 29.4 Å². The lowest BCUT2D eigenvalue weighted by Gasteiger charge is -2.10. The van der Waals surface area contributed by atoms with Crippen molar-refractivity contribution in [3.8, 4) is 0 Å². The van der Waals surface area contributed by atoms with E-state index in [9.17, 15) is 0 Å². The number of rotatable bonds is 1. The van der Waals surface area contributed by atoms with Gasteiger partial charge in [0.25, 0.3) is 0 Å². The summed E-state index contributed by atoms with van der Waals surface area (Å²) in [6, 6.07) is 8.25. The summed E-state index contributed by atoms with van der Waals surface area (Å²) in [5, 5.41) is 3.76. The molecule has 1 unspecified atom stereocenters. The molecule has 0 radical (unpaired) electrons. The van der Waals surface area contributed by atoms with Crippen molar-refractivity contribution in [3.05, 3.63) is 35.4 Å². The topological polar surface area (TPSA) is 21.6 Å². The van der Waals surface area contributed by atoms with Gasteiger partial charge in [0.05, 0.1) is 0 Å². The van der Waals surface area contributed by atoms with E-state index in [-0.39, 0.29) is 6.10 Å². The maximum absolute atomic E-state index is 5.19. The molecule has 0 bridgehead atoms. The number of hydrogen-bond acceptors (Lipinski definition) is 2. The maximum Gasteiger partial charge on any atom is 0.157 e. The number of hydrogen-bond donors (Lipinski definition) is 0. The van der Waals surface area contributed by atoms with Crippen molar-refractivity contribution in [3.63, 3.8) is 0 Å². The second-order valence-electron chi connectivity index (χ2n) is 2.97. The highest BCUT2D eigenvalue weighted by atomic mass is 16.6. The van der Waals surface area contributed by atoms with Crippen LogP contribution >= 0.6 is 0 Å². The summed E-state index contributed by atoms with van der Waals surface area (Å²) in [6.07, 6.45) is 2.85. The standard InChI is InChI=1S/C10H11NO/c1-8-4-2-3-5-9(8)10-6-7-11-12-10/h2-5,7,10H,6H2,1H3. The van der Waals surface area contributed by atoms with Crippen molar-refractivity contribution < 1.29 is 4.84 Å². The molecule has 1 aliphatic rings. The van der Waals surface area contributed by atoms with E-state index < -0.39 is 0 Å². The van der Waals surface area contributed by atoms with E-state index >= 15 is 0 Å².